The van der Waals surface area contributed by atoms with Gasteiger partial charge in [0.25, 0.3) is 11.8 Å². The Kier molecular flexibility index (Phi) is 4.21. The molecule has 0 spiro atoms. The van der Waals surface area contributed by atoms with Crippen molar-refractivity contribution in [1.82, 2.24) is 10.6 Å². The molecule has 1 aliphatic heterocycles. The van der Waals surface area contributed by atoms with Crippen LogP contribution in [0, 0.1) is 3.57 Å². The predicted octanol–water partition coefficient (Wildman–Crippen LogP) is 1.67. The zero-order valence-corrected chi connectivity index (χ0v) is 13.7. The summed E-state index contributed by atoms with van der Waals surface area (Å²) in [5.74, 6) is -1.23. The van der Waals surface area contributed by atoms with Gasteiger partial charge in [0.2, 0.25) is 0 Å². The molecule has 19 heavy (non-hydrogen) atoms. The van der Waals surface area contributed by atoms with E-state index in [-0.39, 0.29) is 16.4 Å². The van der Waals surface area contributed by atoms with Crippen molar-refractivity contribution in [3.8, 4) is 5.75 Å². The molecule has 0 saturated carbocycles. The van der Waals surface area contributed by atoms with Crippen LogP contribution in [0.3, 0.4) is 0 Å². The molecule has 1 saturated heterocycles. The standard InChI is InChI=1S/C11H6BrIN2O3S/c12-7-3-5(13)1-4(8(7)16)2-6-9(17)14-11(19)15-10(6)18/h1-3,16H,(H2,14,15,17,18,19). The number of nitrogens with one attached hydrogen (secondary N) is 2. The van der Waals surface area contributed by atoms with Gasteiger partial charge < -0.3 is 5.11 Å². The highest BCUT2D eigenvalue weighted by Gasteiger charge is 2.26. The van der Waals surface area contributed by atoms with Gasteiger partial charge in [0.05, 0.1) is 4.47 Å². The Morgan fingerprint density at radius 2 is 1.84 bits per heavy atom. The van der Waals surface area contributed by atoms with E-state index in [0.29, 0.717) is 10.0 Å². The van der Waals surface area contributed by atoms with Gasteiger partial charge in [-0.1, -0.05) is 0 Å². The third-order valence-corrected chi connectivity index (χ3v) is 3.73. The van der Waals surface area contributed by atoms with E-state index in [2.05, 4.69) is 49.2 Å². The lowest BCUT2D eigenvalue weighted by Gasteiger charge is -2.16. The van der Waals surface area contributed by atoms with E-state index in [1.165, 1.54) is 6.08 Å². The molecule has 1 aromatic carbocycles. The first-order chi connectivity index (χ1) is 8.88. The number of hydrogen-bond donors (Lipinski definition) is 3. The molecule has 3 N–H and O–H groups in total. The molecular weight excluding hydrogens is 447 g/mol. The van der Waals surface area contributed by atoms with E-state index in [4.69, 9.17) is 12.2 Å². The molecule has 2 amide bonds. The maximum atomic E-state index is 11.7. The molecule has 2 rings (SSSR count). The van der Waals surface area contributed by atoms with Crippen LogP contribution in [-0.4, -0.2) is 22.0 Å². The number of carbonyl (C=O) groups excluding carboxylic acids is 2. The van der Waals surface area contributed by atoms with Gasteiger partial charge in [-0.25, -0.2) is 0 Å². The quantitative estimate of drug-likeness (QED) is 0.262. The Bertz CT molecular complexity index is 623. The third-order valence-electron chi connectivity index (χ3n) is 2.30. The summed E-state index contributed by atoms with van der Waals surface area (Å²) in [6.07, 6.45) is 1.31. The predicted molar refractivity (Wildman–Crippen MR) is 85.4 cm³/mol. The van der Waals surface area contributed by atoms with Crippen LogP contribution in [-0.2, 0) is 9.59 Å². The normalized spacial score (nSPS) is 15.1. The van der Waals surface area contributed by atoms with Gasteiger partial charge in [-0.05, 0) is 68.9 Å². The second kappa shape index (κ2) is 5.55. The summed E-state index contributed by atoms with van der Waals surface area (Å²) in [6.45, 7) is 0. The number of benzene rings is 1. The van der Waals surface area contributed by atoms with Gasteiger partial charge in [0.15, 0.2) is 5.11 Å². The van der Waals surface area contributed by atoms with Crippen molar-refractivity contribution in [2.75, 3.05) is 0 Å². The third kappa shape index (κ3) is 3.12. The first-order valence-electron chi connectivity index (χ1n) is 4.95. The minimum absolute atomic E-state index is 0.0276. The summed E-state index contributed by atoms with van der Waals surface area (Å²) in [4.78, 5) is 23.4. The monoisotopic (exact) mass is 452 g/mol. The van der Waals surface area contributed by atoms with E-state index in [1.807, 2.05) is 0 Å². The molecule has 0 radical (unpaired) electrons. The SMILES string of the molecule is O=C1NC(=S)NC(=O)C1=Cc1cc(I)cc(Br)c1O. The van der Waals surface area contributed by atoms with Crippen molar-refractivity contribution in [1.29, 1.82) is 0 Å². The fourth-order valence-corrected chi connectivity index (χ4v) is 3.19. The van der Waals surface area contributed by atoms with Gasteiger partial charge >= 0.3 is 0 Å². The highest BCUT2D eigenvalue weighted by Crippen LogP contribution is 2.31. The second-order valence-corrected chi connectivity index (χ2v) is 6.13. The van der Waals surface area contributed by atoms with E-state index < -0.39 is 11.8 Å². The van der Waals surface area contributed by atoms with Gasteiger partial charge in [-0.2, -0.15) is 0 Å². The van der Waals surface area contributed by atoms with Crippen LogP contribution >= 0.6 is 50.7 Å². The number of phenols is 1. The smallest absolute Gasteiger partial charge is 0.263 e. The molecule has 0 bridgehead atoms. The summed E-state index contributed by atoms with van der Waals surface area (Å²) >= 11 is 9.95. The van der Waals surface area contributed by atoms with E-state index in [0.717, 1.165) is 3.57 Å². The van der Waals surface area contributed by atoms with Crippen LogP contribution in [0.5, 0.6) is 5.75 Å². The number of hydrogen-bond acceptors (Lipinski definition) is 4. The van der Waals surface area contributed by atoms with Gasteiger partial charge in [0.1, 0.15) is 11.3 Å². The highest BCUT2D eigenvalue weighted by molar-refractivity contribution is 14.1. The van der Waals surface area contributed by atoms with Gasteiger partial charge in [-0.3, -0.25) is 20.2 Å². The Hall–Kier alpha value is -1.000. The molecule has 0 aliphatic carbocycles. The summed E-state index contributed by atoms with van der Waals surface area (Å²) in [6, 6.07) is 3.37. The molecular formula is C11H6BrIN2O3S. The molecule has 0 unspecified atom stereocenters. The van der Waals surface area contributed by atoms with E-state index in [1.54, 1.807) is 12.1 Å². The van der Waals surface area contributed by atoms with Crippen molar-refractivity contribution < 1.29 is 14.7 Å². The molecule has 98 valence electrons. The summed E-state index contributed by atoms with van der Waals surface area (Å²) < 4.78 is 1.33. The van der Waals surface area contributed by atoms with E-state index in [9.17, 15) is 14.7 Å². The number of halogens is 2. The molecule has 0 atom stereocenters. The minimum Gasteiger partial charge on any atom is -0.506 e. The number of phenolic OH excluding ortho intramolecular Hbond substituents is 1. The summed E-state index contributed by atoms with van der Waals surface area (Å²) in [5.41, 5.74) is 0.254. The summed E-state index contributed by atoms with van der Waals surface area (Å²) in [5, 5.41) is 14.5. The topological polar surface area (TPSA) is 78.4 Å². The average Bonchev–Trinajstić information content (AvgIpc) is 2.29. The lowest BCUT2D eigenvalue weighted by molar-refractivity contribution is -0.123. The number of thiocarbonyl (C=S) groups is 1. The van der Waals surface area contributed by atoms with E-state index >= 15 is 0 Å². The van der Waals surface area contributed by atoms with Crippen molar-refractivity contribution >= 4 is 73.7 Å². The second-order valence-electron chi connectivity index (χ2n) is 3.62. The first-order valence-corrected chi connectivity index (χ1v) is 7.23. The maximum absolute atomic E-state index is 11.7. The molecule has 1 aromatic rings. The summed E-state index contributed by atoms with van der Waals surface area (Å²) in [7, 11) is 0. The maximum Gasteiger partial charge on any atom is 0.263 e. The zero-order valence-electron chi connectivity index (χ0n) is 9.16. The largest absolute Gasteiger partial charge is 0.506 e. The lowest BCUT2D eigenvalue weighted by Crippen LogP contribution is -2.51. The van der Waals surface area contributed by atoms with Crippen LogP contribution in [0.15, 0.2) is 22.2 Å². The Morgan fingerprint density at radius 1 is 1.26 bits per heavy atom. The van der Waals surface area contributed by atoms with Crippen molar-refractivity contribution in [2.24, 2.45) is 0 Å². The molecule has 1 fully saturated rings. The molecule has 0 aromatic heterocycles. The molecule has 1 aliphatic rings. The fourth-order valence-electron chi connectivity index (χ4n) is 1.46. The lowest BCUT2D eigenvalue weighted by atomic mass is 10.1. The van der Waals surface area contributed by atoms with Crippen molar-refractivity contribution in [3.05, 3.63) is 31.3 Å². The molecule has 8 heteroatoms. The number of rotatable bonds is 1. The molecule has 1 heterocycles. The number of aromatic hydroxyl groups is 1. The fraction of sp³-hybridized carbons (Fsp3) is 0. The Morgan fingerprint density at radius 3 is 2.42 bits per heavy atom. The number of amides is 2. The van der Waals surface area contributed by atoms with Crippen LogP contribution in [0.2, 0.25) is 0 Å². The van der Waals surface area contributed by atoms with Crippen molar-refractivity contribution in [2.45, 2.75) is 0 Å². The van der Waals surface area contributed by atoms with Gasteiger partial charge in [0, 0.05) is 9.13 Å². The molecule has 5 nitrogen and oxygen atoms in total. The van der Waals surface area contributed by atoms with Crippen LogP contribution in [0.25, 0.3) is 6.08 Å². The average molecular weight is 453 g/mol. The van der Waals surface area contributed by atoms with Crippen molar-refractivity contribution in [3.63, 3.8) is 0 Å². The van der Waals surface area contributed by atoms with Gasteiger partial charge in [-0.15, -0.1) is 0 Å². The number of carbonyl (C=O) groups is 2. The van der Waals surface area contributed by atoms with Crippen LogP contribution in [0.4, 0.5) is 0 Å². The highest BCUT2D eigenvalue weighted by atomic mass is 127. The first kappa shape index (κ1) is 14.4. The Balaban J connectivity index is 2.49. The zero-order chi connectivity index (χ0) is 14.2. The van der Waals surface area contributed by atoms with Crippen LogP contribution in [0.1, 0.15) is 5.56 Å². The van der Waals surface area contributed by atoms with Crippen LogP contribution < -0.4 is 10.6 Å². The minimum atomic E-state index is -0.594. The Labute approximate surface area is 135 Å².